The number of alkyl halides is 4. The van der Waals surface area contributed by atoms with Crippen molar-refractivity contribution in [1.29, 1.82) is 0 Å². The van der Waals surface area contributed by atoms with Crippen LogP contribution < -0.4 is 0 Å². The average Bonchev–Trinajstić information content (AvgIpc) is 2.02. The molecular formula is C7H4F4IN. The minimum Gasteiger partial charge on any atom is -0.250 e. The Morgan fingerprint density at radius 1 is 1.38 bits per heavy atom. The van der Waals surface area contributed by atoms with Crippen LogP contribution in [0.5, 0.6) is 0 Å². The minimum atomic E-state index is -4.51. The Kier molecular flexibility index (Phi) is 3.09. The zero-order chi connectivity index (χ0) is 10.1. The molecule has 1 heterocycles. The molecule has 13 heavy (non-hydrogen) atoms. The van der Waals surface area contributed by atoms with E-state index in [2.05, 4.69) is 4.98 Å². The van der Waals surface area contributed by atoms with Crippen LogP contribution in [0.2, 0.25) is 0 Å². The van der Waals surface area contributed by atoms with E-state index in [1.54, 1.807) is 22.6 Å². The maximum atomic E-state index is 12.2. The van der Waals surface area contributed by atoms with Gasteiger partial charge in [0, 0.05) is 11.8 Å². The molecule has 0 saturated carbocycles. The third-order valence-electron chi connectivity index (χ3n) is 1.44. The molecule has 72 valence electrons. The lowest BCUT2D eigenvalue weighted by Gasteiger charge is -2.10. The second-order valence-electron chi connectivity index (χ2n) is 2.26. The van der Waals surface area contributed by atoms with Gasteiger partial charge < -0.3 is 0 Å². The Labute approximate surface area is 85.3 Å². The molecule has 0 aromatic carbocycles. The van der Waals surface area contributed by atoms with Crippen LogP contribution in [0.4, 0.5) is 17.6 Å². The second-order valence-corrected chi connectivity index (χ2v) is 3.28. The molecule has 0 unspecified atom stereocenters. The first-order chi connectivity index (χ1) is 5.96. The minimum absolute atomic E-state index is 0.0509. The standard InChI is InChI=1S/C7H4F4IN/c8-3-4-5(7(9,10)11)1-2-13-6(4)12/h1-2H,3H2. The number of rotatable bonds is 1. The van der Waals surface area contributed by atoms with Crippen molar-refractivity contribution >= 4 is 22.6 Å². The summed E-state index contributed by atoms with van der Waals surface area (Å²) in [6, 6.07) is 0.775. The summed E-state index contributed by atoms with van der Waals surface area (Å²) in [5.74, 6) is 0. The van der Waals surface area contributed by atoms with Crippen LogP contribution in [0.15, 0.2) is 12.3 Å². The molecule has 0 atom stereocenters. The van der Waals surface area contributed by atoms with Gasteiger partial charge in [0.15, 0.2) is 0 Å². The molecule has 0 amide bonds. The van der Waals surface area contributed by atoms with E-state index in [-0.39, 0.29) is 3.70 Å². The van der Waals surface area contributed by atoms with E-state index in [0.717, 1.165) is 12.3 Å². The van der Waals surface area contributed by atoms with E-state index in [1.807, 2.05) is 0 Å². The molecule has 0 saturated heterocycles. The Morgan fingerprint density at radius 2 is 2.00 bits per heavy atom. The molecule has 0 bridgehead atoms. The molecule has 0 fully saturated rings. The van der Waals surface area contributed by atoms with Crippen LogP contribution in [-0.2, 0) is 12.9 Å². The van der Waals surface area contributed by atoms with E-state index in [0.29, 0.717) is 0 Å². The Bertz CT molecular complexity index is 310. The van der Waals surface area contributed by atoms with Gasteiger partial charge in [0.1, 0.15) is 10.4 Å². The van der Waals surface area contributed by atoms with Gasteiger partial charge in [-0.3, -0.25) is 0 Å². The third kappa shape index (κ3) is 2.29. The molecule has 1 nitrogen and oxygen atoms in total. The van der Waals surface area contributed by atoms with Crippen LogP contribution in [-0.4, -0.2) is 4.98 Å². The van der Waals surface area contributed by atoms with E-state index in [4.69, 9.17) is 0 Å². The van der Waals surface area contributed by atoms with Gasteiger partial charge in [0.2, 0.25) is 0 Å². The maximum Gasteiger partial charge on any atom is 0.416 e. The fourth-order valence-electron chi connectivity index (χ4n) is 0.860. The molecule has 1 aromatic rings. The van der Waals surface area contributed by atoms with Gasteiger partial charge in [0.25, 0.3) is 0 Å². The van der Waals surface area contributed by atoms with Crippen molar-refractivity contribution in [3.8, 4) is 0 Å². The van der Waals surface area contributed by atoms with Gasteiger partial charge in [-0.05, 0) is 28.7 Å². The number of nitrogens with zero attached hydrogens (tertiary/aromatic N) is 1. The van der Waals surface area contributed by atoms with Gasteiger partial charge in [-0.1, -0.05) is 0 Å². The number of aromatic nitrogens is 1. The van der Waals surface area contributed by atoms with Crippen LogP contribution in [0, 0.1) is 3.70 Å². The summed E-state index contributed by atoms with van der Waals surface area (Å²) >= 11 is 1.57. The molecule has 0 N–H and O–H groups in total. The molecule has 0 radical (unpaired) electrons. The molecule has 0 aliphatic carbocycles. The first-order valence-corrected chi connectivity index (χ1v) is 4.31. The molecule has 1 rings (SSSR count). The normalized spacial score (nSPS) is 11.8. The quantitative estimate of drug-likeness (QED) is 0.441. The summed E-state index contributed by atoms with van der Waals surface area (Å²) in [5.41, 5.74) is -1.34. The summed E-state index contributed by atoms with van der Waals surface area (Å²) in [7, 11) is 0. The van der Waals surface area contributed by atoms with E-state index < -0.39 is 24.0 Å². The number of halogens is 5. The molecule has 6 heteroatoms. The van der Waals surface area contributed by atoms with E-state index in [9.17, 15) is 17.6 Å². The lowest BCUT2D eigenvalue weighted by molar-refractivity contribution is -0.138. The lowest BCUT2D eigenvalue weighted by atomic mass is 10.1. The highest BCUT2D eigenvalue weighted by molar-refractivity contribution is 14.1. The molecule has 1 aromatic heterocycles. The van der Waals surface area contributed by atoms with Gasteiger partial charge >= 0.3 is 6.18 Å². The first kappa shape index (κ1) is 10.7. The fraction of sp³-hybridized carbons (Fsp3) is 0.286. The molecule has 0 aliphatic rings. The van der Waals surface area contributed by atoms with Crippen molar-refractivity contribution in [3.63, 3.8) is 0 Å². The zero-order valence-corrected chi connectivity index (χ0v) is 8.36. The van der Waals surface area contributed by atoms with Crippen LogP contribution in [0.3, 0.4) is 0 Å². The topological polar surface area (TPSA) is 12.9 Å². The van der Waals surface area contributed by atoms with Crippen molar-refractivity contribution < 1.29 is 17.6 Å². The zero-order valence-electron chi connectivity index (χ0n) is 6.20. The number of hydrogen-bond donors (Lipinski definition) is 0. The Balaban J connectivity index is 3.29. The highest BCUT2D eigenvalue weighted by Crippen LogP contribution is 2.33. The van der Waals surface area contributed by atoms with Gasteiger partial charge in [-0.25, -0.2) is 9.37 Å². The second kappa shape index (κ2) is 3.77. The van der Waals surface area contributed by atoms with Crippen molar-refractivity contribution in [2.24, 2.45) is 0 Å². The summed E-state index contributed by atoms with van der Waals surface area (Å²) in [4.78, 5) is 3.57. The monoisotopic (exact) mass is 305 g/mol. The van der Waals surface area contributed by atoms with Crippen LogP contribution in [0.25, 0.3) is 0 Å². The van der Waals surface area contributed by atoms with Crippen molar-refractivity contribution in [3.05, 3.63) is 27.1 Å². The largest absolute Gasteiger partial charge is 0.416 e. The predicted octanol–water partition coefficient (Wildman–Crippen LogP) is 3.17. The number of hydrogen-bond acceptors (Lipinski definition) is 1. The summed E-state index contributed by atoms with van der Waals surface area (Å²) in [6.45, 7) is -1.15. The Hall–Kier alpha value is -0.400. The van der Waals surface area contributed by atoms with Gasteiger partial charge in [-0.15, -0.1) is 0 Å². The van der Waals surface area contributed by atoms with Gasteiger partial charge in [0.05, 0.1) is 5.56 Å². The highest BCUT2D eigenvalue weighted by Gasteiger charge is 2.34. The van der Waals surface area contributed by atoms with E-state index in [1.165, 1.54) is 0 Å². The lowest BCUT2D eigenvalue weighted by Crippen LogP contribution is -2.10. The summed E-state index contributed by atoms with van der Waals surface area (Å²) < 4.78 is 48.9. The third-order valence-corrected chi connectivity index (χ3v) is 2.37. The van der Waals surface area contributed by atoms with Crippen LogP contribution in [0.1, 0.15) is 11.1 Å². The highest BCUT2D eigenvalue weighted by atomic mass is 127. The van der Waals surface area contributed by atoms with Crippen LogP contribution >= 0.6 is 22.6 Å². The molecule has 0 aliphatic heterocycles. The molecular weight excluding hydrogens is 301 g/mol. The molecule has 0 spiro atoms. The Morgan fingerprint density at radius 3 is 2.38 bits per heavy atom. The van der Waals surface area contributed by atoms with Crippen molar-refractivity contribution in [2.75, 3.05) is 0 Å². The van der Waals surface area contributed by atoms with Crippen molar-refractivity contribution in [1.82, 2.24) is 4.98 Å². The summed E-state index contributed by atoms with van der Waals surface area (Å²) in [6.07, 6.45) is -3.49. The predicted molar refractivity (Wildman–Crippen MR) is 46.8 cm³/mol. The smallest absolute Gasteiger partial charge is 0.250 e. The SMILES string of the molecule is FCc1c(C(F)(F)F)ccnc1I. The van der Waals surface area contributed by atoms with E-state index >= 15 is 0 Å². The summed E-state index contributed by atoms with van der Waals surface area (Å²) in [5, 5.41) is 0. The van der Waals surface area contributed by atoms with Crippen molar-refractivity contribution in [2.45, 2.75) is 12.9 Å². The maximum absolute atomic E-state index is 12.2. The number of pyridine rings is 1. The average molecular weight is 305 g/mol. The fourth-order valence-corrected chi connectivity index (χ4v) is 1.46. The first-order valence-electron chi connectivity index (χ1n) is 3.23. The van der Waals surface area contributed by atoms with Gasteiger partial charge in [-0.2, -0.15) is 13.2 Å².